The van der Waals surface area contributed by atoms with Crippen molar-refractivity contribution in [1.29, 1.82) is 0 Å². The predicted molar refractivity (Wildman–Crippen MR) is 80.3 cm³/mol. The number of rotatable bonds is 9. The van der Waals surface area contributed by atoms with Crippen LogP contribution in [0.1, 0.15) is 51.4 Å². The lowest BCUT2D eigenvalue weighted by molar-refractivity contribution is -0.138. The largest absolute Gasteiger partial charge is 0.508 e. The SMILES string of the molecule is O=C(O)CCCCCCCCC(=O)O.Oc1ccccc1. The van der Waals surface area contributed by atoms with Crippen LogP contribution in [0.2, 0.25) is 0 Å². The number of carboxylic acids is 2. The van der Waals surface area contributed by atoms with Crippen molar-refractivity contribution < 1.29 is 24.9 Å². The van der Waals surface area contributed by atoms with Gasteiger partial charge in [-0.3, -0.25) is 9.59 Å². The summed E-state index contributed by atoms with van der Waals surface area (Å²) in [5.74, 6) is -1.16. The molecule has 0 radical (unpaired) electrons. The van der Waals surface area contributed by atoms with Crippen molar-refractivity contribution >= 4 is 11.9 Å². The van der Waals surface area contributed by atoms with Crippen LogP contribution in [0.15, 0.2) is 30.3 Å². The summed E-state index contributed by atoms with van der Waals surface area (Å²) in [7, 11) is 0. The number of aliphatic carboxylic acids is 2. The Hall–Kier alpha value is -2.04. The number of para-hydroxylation sites is 1. The Labute approximate surface area is 125 Å². The van der Waals surface area contributed by atoms with Gasteiger partial charge in [-0.25, -0.2) is 0 Å². The van der Waals surface area contributed by atoms with Gasteiger partial charge in [0, 0.05) is 12.8 Å². The smallest absolute Gasteiger partial charge is 0.303 e. The highest BCUT2D eigenvalue weighted by molar-refractivity contribution is 5.66. The molecule has 0 saturated heterocycles. The van der Waals surface area contributed by atoms with E-state index in [1.165, 1.54) is 0 Å². The van der Waals surface area contributed by atoms with E-state index in [0.29, 0.717) is 5.75 Å². The van der Waals surface area contributed by atoms with E-state index < -0.39 is 11.9 Å². The molecule has 1 rings (SSSR count). The number of carboxylic acid groups (broad SMARTS) is 2. The average Bonchev–Trinajstić information content (AvgIpc) is 2.43. The maximum absolute atomic E-state index is 10.1. The van der Waals surface area contributed by atoms with E-state index >= 15 is 0 Å². The van der Waals surface area contributed by atoms with Crippen molar-refractivity contribution in [3.05, 3.63) is 30.3 Å². The van der Waals surface area contributed by atoms with Gasteiger partial charge in [-0.15, -0.1) is 0 Å². The third-order valence-electron chi connectivity index (χ3n) is 2.79. The van der Waals surface area contributed by atoms with E-state index in [1.54, 1.807) is 24.3 Å². The predicted octanol–water partition coefficient (Wildman–Crippen LogP) is 3.67. The third-order valence-corrected chi connectivity index (χ3v) is 2.79. The van der Waals surface area contributed by atoms with E-state index in [-0.39, 0.29) is 12.8 Å². The molecular formula is C16H24O5. The molecular weight excluding hydrogens is 272 g/mol. The fourth-order valence-electron chi connectivity index (χ4n) is 1.69. The zero-order valence-electron chi connectivity index (χ0n) is 12.2. The lowest BCUT2D eigenvalue weighted by atomic mass is 10.1. The first-order valence-corrected chi connectivity index (χ1v) is 7.20. The fourth-order valence-corrected chi connectivity index (χ4v) is 1.69. The van der Waals surface area contributed by atoms with E-state index in [2.05, 4.69) is 0 Å². The van der Waals surface area contributed by atoms with Gasteiger partial charge < -0.3 is 15.3 Å². The highest BCUT2D eigenvalue weighted by Crippen LogP contribution is 2.08. The second kappa shape index (κ2) is 13.0. The Bertz CT molecular complexity index is 369. The minimum Gasteiger partial charge on any atom is -0.508 e. The van der Waals surface area contributed by atoms with Gasteiger partial charge in [0.25, 0.3) is 0 Å². The highest BCUT2D eigenvalue weighted by atomic mass is 16.4. The number of carbonyl (C=O) groups is 2. The first-order chi connectivity index (χ1) is 10.0. The zero-order chi connectivity index (χ0) is 15.9. The van der Waals surface area contributed by atoms with Gasteiger partial charge in [-0.05, 0) is 25.0 Å². The average molecular weight is 296 g/mol. The fraction of sp³-hybridized carbons (Fsp3) is 0.500. The molecule has 5 nitrogen and oxygen atoms in total. The van der Waals surface area contributed by atoms with Crippen LogP contribution in [0.5, 0.6) is 5.75 Å². The summed E-state index contributed by atoms with van der Waals surface area (Å²) in [5, 5.41) is 25.3. The van der Waals surface area contributed by atoms with Gasteiger partial charge in [-0.2, -0.15) is 0 Å². The van der Waals surface area contributed by atoms with Crippen molar-refractivity contribution in [2.24, 2.45) is 0 Å². The summed E-state index contributed by atoms with van der Waals surface area (Å²) in [6.45, 7) is 0. The number of phenols is 1. The molecule has 1 aromatic rings. The molecule has 0 saturated carbocycles. The standard InChI is InChI=1S/C10H18O4.C6H6O/c11-9(12)7-5-3-1-2-4-6-8-10(13)14;7-6-4-2-1-3-5-6/h1-8H2,(H,11,12)(H,13,14);1-5,7H. The summed E-state index contributed by atoms with van der Waals surface area (Å²) in [6, 6.07) is 8.71. The summed E-state index contributed by atoms with van der Waals surface area (Å²) in [4.78, 5) is 20.3. The van der Waals surface area contributed by atoms with Crippen LogP contribution in [0.3, 0.4) is 0 Å². The van der Waals surface area contributed by atoms with Gasteiger partial charge in [0.15, 0.2) is 0 Å². The van der Waals surface area contributed by atoms with Crippen LogP contribution in [0, 0.1) is 0 Å². The van der Waals surface area contributed by atoms with Crippen LogP contribution >= 0.6 is 0 Å². The van der Waals surface area contributed by atoms with Gasteiger partial charge in [0.05, 0.1) is 0 Å². The van der Waals surface area contributed by atoms with Crippen molar-refractivity contribution in [1.82, 2.24) is 0 Å². The number of phenolic OH excluding ortho intramolecular Hbond substituents is 1. The normalized spacial score (nSPS) is 9.52. The quantitative estimate of drug-likeness (QED) is 0.604. The van der Waals surface area contributed by atoms with Crippen LogP contribution in [0.25, 0.3) is 0 Å². The second-order valence-corrected chi connectivity index (χ2v) is 4.74. The lowest BCUT2D eigenvalue weighted by Crippen LogP contribution is -1.94. The third kappa shape index (κ3) is 15.9. The van der Waals surface area contributed by atoms with Crippen LogP contribution in [-0.4, -0.2) is 27.3 Å². The molecule has 0 heterocycles. The molecule has 5 heteroatoms. The molecule has 21 heavy (non-hydrogen) atoms. The molecule has 0 unspecified atom stereocenters. The van der Waals surface area contributed by atoms with Crippen LogP contribution < -0.4 is 0 Å². The Morgan fingerprint density at radius 1 is 0.714 bits per heavy atom. The van der Waals surface area contributed by atoms with Gasteiger partial charge >= 0.3 is 11.9 Å². The Kier molecular flexibility index (Phi) is 11.7. The van der Waals surface area contributed by atoms with E-state index in [0.717, 1.165) is 38.5 Å². The maximum atomic E-state index is 10.1. The van der Waals surface area contributed by atoms with Crippen LogP contribution in [-0.2, 0) is 9.59 Å². The molecule has 1 aromatic carbocycles. The first kappa shape index (κ1) is 19.0. The molecule has 0 fully saturated rings. The molecule has 0 amide bonds. The maximum Gasteiger partial charge on any atom is 0.303 e. The minimum atomic E-state index is -0.740. The van der Waals surface area contributed by atoms with Crippen molar-refractivity contribution in [2.45, 2.75) is 51.4 Å². The van der Waals surface area contributed by atoms with Gasteiger partial charge in [-0.1, -0.05) is 43.9 Å². The zero-order valence-corrected chi connectivity index (χ0v) is 12.2. The summed E-state index contributed by atoms with van der Waals surface area (Å²) < 4.78 is 0. The van der Waals surface area contributed by atoms with Gasteiger partial charge in [0.2, 0.25) is 0 Å². The Balaban J connectivity index is 0.000000471. The van der Waals surface area contributed by atoms with E-state index in [9.17, 15) is 9.59 Å². The van der Waals surface area contributed by atoms with Crippen molar-refractivity contribution in [2.75, 3.05) is 0 Å². The summed E-state index contributed by atoms with van der Waals surface area (Å²) >= 11 is 0. The number of hydrogen-bond acceptors (Lipinski definition) is 3. The van der Waals surface area contributed by atoms with Crippen molar-refractivity contribution in [3.63, 3.8) is 0 Å². The first-order valence-electron chi connectivity index (χ1n) is 7.20. The Morgan fingerprint density at radius 2 is 1.10 bits per heavy atom. The lowest BCUT2D eigenvalue weighted by Gasteiger charge is -1.98. The number of unbranched alkanes of at least 4 members (excludes halogenated alkanes) is 5. The number of hydrogen-bond donors (Lipinski definition) is 3. The summed E-state index contributed by atoms with van der Waals surface area (Å²) in [5.41, 5.74) is 0. The molecule has 0 aliphatic carbocycles. The van der Waals surface area contributed by atoms with E-state index in [1.807, 2.05) is 6.07 Å². The number of benzene rings is 1. The molecule has 0 aromatic heterocycles. The monoisotopic (exact) mass is 296 g/mol. The second-order valence-electron chi connectivity index (χ2n) is 4.74. The topological polar surface area (TPSA) is 94.8 Å². The van der Waals surface area contributed by atoms with Crippen molar-refractivity contribution in [3.8, 4) is 5.75 Å². The molecule has 0 aliphatic rings. The molecule has 3 N–H and O–H groups in total. The Morgan fingerprint density at radius 3 is 1.38 bits per heavy atom. The minimum absolute atomic E-state index is 0.245. The number of aromatic hydroxyl groups is 1. The summed E-state index contributed by atoms with van der Waals surface area (Å²) in [6.07, 6.45) is 5.82. The molecule has 118 valence electrons. The molecule has 0 aliphatic heterocycles. The van der Waals surface area contributed by atoms with E-state index in [4.69, 9.17) is 15.3 Å². The molecule has 0 spiro atoms. The van der Waals surface area contributed by atoms with Crippen LogP contribution in [0.4, 0.5) is 0 Å². The van der Waals surface area contributed by atoms with Gasteiger partial charge in [0.1, 0.15) is 5.75 Å². The molecule has 0 bridgehead atoms. The molecule has 0 atom stereocenters. The highest BCUT2D eigenvalue weighted by Gasteiger charge is 1.98.